The molecule has 1 heterocycles. The smallest absolute Gasteiger partial charge is 0.325 e. The van der Waals surface area contributed by atoms with Gasteiger partial charge in [0.15, 0.2) is 5.13 Å². The maximum atomic E-state index is 11.9. The summed E-state index contributed by atoms with van der Waals surface area (Å²) in [5.74, 6) is 0.574. The molecule has 116 valence electrons. The van der Waals surface area contributed by atoms with Crippen molar-refractivity contribution in [3.8, 4) is 5.75 Å². The van der Waals surface area contributed by atoms with Crippen LogP contribution in [0.15, 0.2) is 66.2 Å². The number of hydrogen-bond donors (Lipinski definition) is 1. The van der Waals surface area contributed by atoms with Gasteiger partial charge in [0.25, 0.3) is 0 Å². The Morgan fingerprint density at radius 2 is 1.87 bits per heavy atom. The lowest BCUT2D eigenvalue weighted by molar-refractivity contribution is 0.255. The van der Waals surface area contributed by atoms with E-state index in [2.05, 4.69) is 4.98 Å². The van der Waals surface area contributed by atoms with Gasteiger partial charge in [-0.1, -0.05) is 42.5 Å². The van der Waals surface area contributed by atoms with Crippen LogP contribution in [0.4, 0.5) is 15.6 Å². The van der Waals surface area contributed by atoms with Crippen LogP contribution < -0.4 is 15.4 Å². The molecule has 3 aromatic rings. The number of carbonyl (C=O) groups is 1. The van der Waals surface area contributed by atoms with Crippen molar-refractivity contribution in [3.63, 3.8) is 0 Å². The molecule has 0 spiro atoms. The Labute approximate surface area is 138 Å². The fraction of sp³-hybridized carbons (Fsp3) is 0.0588. The molecule has 1 aromatic heterocycles. The van der Waals surface area contributed by atoms with Gasteiger partial charge in [-0.2, -0.15) is 0 Å². The Balaban J connectivity index is 1.89. The van der Waals surface area contributed by atoms with Gasteiger partial charge in [0.2, 0.25) is 0 Å². The number of hydrogen-bond acceptors (Lipinski definition) is 4. The van der Waals surface area contributed by atoms with Crippen LogP contribution in [0.5, 0.6) is 5.75 Å². The summed E-state index contributed by atoms with van der Waals surface area (Å²) in [6.07, 6.45) is 1.63. The summed E-state index contributed by atoms with van der Waals surface area (Å²) in [5.41, 5.74) is 7.15. The molecule has 0 radical (unpaired) electrons. The molecule has 23 heavy (non-hydrogen) atoms. The first kappa shape index (κ1) is 15.1. The van der Waals surface area contributed by atoms with E-state index in [4.69, 9.17) is 10.5 Å². The zero-order valence-electron chi connectivity index (χ0n) is 12.3. The Hall–Kier alpha value is -2.86. The molecule has 0 bridgehead atoms. The van der Waals surface area contributed by atoms with Gasteiger partial charge in [-0.3, -0.25) is 0 Å². The number of aromatic nitrogens is 1. The van der Waals surface area contributed by atoms with Gasteiger partial charge in [-0.05, 0) is 17.7 Å². The van der Waals surface area contributed by atoms with Crippen LogP contribution in [0.2, 0.25) is 0 Å². The number of benzene rings is 2. The fourth-order valence-corrected chi connectivity index (χ4v) is 2.80. The quantitative estimate of drug-likeness (QED) is 0.772. The van der Waals surface area contributed by atoms with Gasteiger partial charge < -0.3 is 10.5 Å². The first-order chi connectivity index (χ1) is 11.3. The number of nitrogens with two attached hydrogens (primary N) is 1. The molecule has 0 aliphatic carbocycles. The first-order valence-electron chi connectivity index (χ1n) is 7.00. The summed E-state index contributed by atoms with van der Waals surface area (Å²) in [4.78, 5) is 17.4. The van der Waals surface area contributed by atoms with E-state index in [1.165, 1.54) is 16.2 Å². The molecule has 0 aliphatic rings. The van der Waals surface area contributed by atoms with Gasteiger partial charge in [-0.15, -0.1) is 11.3 Å². The SMILES string of the molecule is NC(=O)N(c1nccs1)c1ccccc1OCc1ccccc1. The molecular weight excluding hydrogens is 310 g/mol. The highest BCUT2D eigenvalue weighted by atomic mass is 32.1. The van der Waals surface area contributed by atoms with Crippen LogP contribution in [0.25, 0.3) is 0 Å². The Kier molecular flexibility index (Phi) is 4.54. The zero-order valence-corrected chi connectivity index (χ0v) is 13.1. The van der Waals surface area contributed by atoms with Crippen molar-refractivity contribution in [1.29, 1.82) is 0 Å². The Morgan fingerprint density at radius 1 is 1.13 bits per heavy atom. The Bertz CT molecular complexity index is 776. The molecule has 2 amide bonds. The molecule has 0 fully saturated rings. The van der Waals surface area contributed by atoms with Gasteiger partial charge in [0.1, 0.15) is 12.4 Å². The number of para-hydroxylation sites is 2. The summed E-state index contributed by atoms with van der Waals surface area (Å²) in [7, 11) is 0. The lowest BCUT2D eigenvalue weighted by Gasteiger charge is -2.20. The number of thiazole rings is 1. The van der Waals surface area contributed by atoms with Gasteiger partial charge in [-0.25, -0.2) is 14.7 Å². The standard InChI is InChI=1S/C17H15N3O2S/c18-16(21)20(17-19-10-11-23-17)14-8-4-5-9-15(14)22-12-13-6-2-1-3-7-13/h1-11H,12H2,(H2,18,21). The molecule has 0 saturated heterocycles. The van der Waals surface area contributed by atoms with Crippen molar-refractivity contribution in [3.05, 3.63) is 71.7 Å². The minimum atomic E-state index is -0.601. The normalized spacial score (nSPS) is 10.3. The average Bonchev–Trinajstić information content (AvgIpc) is 3.09. The van der Waals surface area contributed by atoms with Crippen molar-refractivity contribution in [2.24, 2.45) is 5.73 Å². The maximum absolute atomic E-state index is 11.9. The molecule has 0 saturated carbocycles. The number of urea groups is 1. The van der Waals surface area contributed by atoms with Gasteiger partial charge in [0.05, 0.1) is 5.69 Å². The van der Waals surface area contributed by atoms with Gasteiger partial charge in [0, 0.05) is 11.6 Å². The van der Waals surface area contributed by atoms with Crippen molar-refractivity contribution >= 4 is 28.2 Å². The summed E-state index contributed by atoms with van der Waals surface area (Å²) >= 11 is 1.34. The number of carbonyl (C=O) groups excluding carboxylic acids is 1. The van der Waals surface area contributed by atoms with Crippen LogP contribution >= 0.6 is 11.3 Å². The van der Waals surface area contributed by atoms with Crippen molar-refractivity contribution in [2.45, 2.75) is 6.61 Å². The third-order valence-electron chi connectivity index (χ3n) is 3.17. The van der Waals surface area contributed by atoms with Crippen molar-refractivity contribution in [2.75, 3.05) is 4.90 Å². The monoisotopic (exact) mass is 325 g/mol. The van der Waals surface area contributed by atoms with Crippen LogP contribution in [-0.2, 0) is 6.61 Å². The second-order valence-electron chi connectivity index (χ2n) is 4.73. The predicted molar refractivity (Wildman–Crippen MR) is 91.1 cm³/mol. The third-order valence-corrected chi connectivity index (χ3v) is 3.93. The van der Waals surface area contributed by atoms with E-state index >= 15 is 0 Å². The minimum Gasteiger partial charge on any atom is -0.487 e. The second-order valence-corrected chi connectivity index (χ2v) is 5.60. The molecular formula is C17H15N3O2S. The van der Waals surface area contributed by atoms with E-state index in [-0.39, 0.29) is 0 Å². The van der Waals surface area contributed by atoms with E-state index in [1.807, 2.05) is 48.5 Å². The molecule has 2 N–H and O–H groups in total. The number of primary amides is 1. The summed E-state index contributed by atoms with van der Waals surface area (Å²) < 4.78 is 5.88. The lowest BCUT2D eigenvalue weighted by atomic mass is 10.2. The Morgan fingerprint density at radius 3 is 2.57 bits per heavy atom. The highest BCUT2D eigenvalue weighted by Gasteiger charge is 2.21. The number of rotatable bonds is 5. The molecule has 6 heteroatoms. The summed E-state index contributed by atoms with van der Waals surface area (Å²) in [6.45, 7) is 0.405. The lowest BCUT2D eigenvalue weighted by Crippen LogP contribution is -2.31. The number of amides is 2. The molecule has 2 aromatic carbocycles. The molecule has 0 atom stereocenters. The van der Waals surface area contributed by atoms with Crippen molar-refractivity contribution < 1.29 is 9.53 Å². The second kappa shape index (κ2) is 6.93. The van der Waals surface area contributed by atoms with Crippen LogP contribution in [0.1, 0.15) is 5.56 Å². The van der Waals surface area contributed by atoms with Crippen molar-refractivity contribution in [1.82, 2.24) is 4.98 Å². The molecule has 0 aliphatic heterocycles. The van der Waals surface area contributed by atoms with Gasteiger partial charge >= 0.3 is 6.03 Å². The third kappa shape index (κ3) is 3.49. The number of nitrogens with zero attached hydrogens (tertiary/aromatic N) is 2. The summed E-state index contributed by atoms with van der Waals surface area (Å²) in [5, 5.41) is 2.30. The van der Waals surface area contributed by atoms with Crippen LogP contribution in [0, 0.1) is 0 Å². The fourth-order valence-electron chi connectivity index (χ4n) is 2.14. The van der Waals surface area contributed by atoms with E-state index in [9.17, 15) is 4.79 Å². The zero-order chi connectivity index (χ0) is 16.1. The molecule has 0 unspecified atom stereocenters. The highest BCUT2D eigenvalue weighted by molar-refractivity contribution is 7.13. The largest absolute Gasteiger partial charge is 0.487 e. The van der Waals surface area contributed by atoms with E-state index in [0.29, 0.717) is 23.2 Å². The number of ether oxygens (including phenoxy) is 1. The van der Waals surface area contributed by atoms with E-state index < -0.39 is 6.03 Å². The highest BCUT2D eigenvalue weighted by Crippen LogP contribution is 2.34. The average molecular weight is 325 g/mol. The molecule has 3 rings (SSSR count). The minimum absolute atomic E-state index is 0.405. The number of anilines is 2. The van der Waals surface area contributed by atoms with E-state index in [0.717, 1.165) is 5.56 Å². The maximum Gasteiger partial charge on any atom is 0.325 e. The van der Waals surface area contributed by atoms with E-state index in [1.54, 1.807) is 17.6 Å². The summed E-state index contributed by atoms with van der Waals surface area (Å²) in [6, 6.07) is 16.5. The topological polar surface area (TPSA) is 68.5 Å². The first-order valence-corrected chi connectivity index (χ1v) is 7.88. The van der Waals surface area contributed by atoms with Crippen LogP contribution in [-0.4, -0.2) is 11.0 Å². The predicted octanol–water partition coefficient (Wildman–Crippen LogP) is 3.94. The molecule has 5 nitrogen and oxygen atoms in total. The van der Waals surface area contributed by atoms with Crippen LogP contribution in [0.3, 0.4) is 0 Å².